The van der Waals surface area contributed by atoms with E-state index in [0.717, 1.165) is 44.3 Å². The predicted octanol–water partition coefficient (Wildman–Crippen LogP) is 2.99. The van der Waals surface area contributed by atoms with Gasteiger partial charge in [-0.25, -0.2) is 0 Å². The number of amides is 2. The number of likely N-dealkylation sites (tertiary alicyclic amines) is 1. The monoisotopic (exact) mass is 312 g/mol. The maximum atomic E-state index is 12.2. The first kappa shape index (κ1) is 15.8. The van der Waals surface area contributed by atoms with Gasteiger partial charge in [-0.3, -0.25) is 9.59 Å². The van der Waals surface area contributed by atoms with Crippen LogP contribution in [0.4, 0.5) is 0 Å². The van der Waals surface area contributed by atoms with Gasteiger partial charge in [0.05, 0.1) is 0 Å². The van der Waals surface area contributed by atoms with Gasteiger partial charge in [0.1, 0.15) is 0 Å². The molecule has 2 amide bonds. The standard InChI is InChI=1S/C19H24N2O2/c22-18(21-13-3-1-2-4-14-21)12-7-15-5-8-16(9-6-15)19(23)20-17-10-11-17/h5-9,12,17H,1-4,10-11,13-14H2,(H,20,23). The van der Waals surface area contributed by atoms with Crippen molar-refractivity contribution in [3.8, 4) is 0 Å². The zero-order chi connectivity index (χ0) is 16.1. The summed E-state index contributed by atoms with van der Waals surface area (Å²) in [5.41, 5.74) is 1.61. The maximum Gasteiger partial charge on any atom is 0.251 e. The average molecular weight is 312 g/mol. The third kappa shape index (κ3) is 4.68. The Morgan fingerprint density at radius 2 is 1.65 bits per heavy atom. The van der Waals surface area contributed by atoms with E-state index in [0.29, 0.717) is 11.6 Å². The fraction of sp³-hybridized carbons (Fsp3) is 0.474. The topological polar surface area (TPSA) is 49.4 Å². The molecule has 3 rings (SSSR count). The molecular formula is C19H24N2O2. The van der Waals surface area contributed by atoms with E-state index < -0.39 is 0 Å². The van der Waals surface area contributed by atoms with Crippen LogP contribution in [0.2, 0.25) is 0 Å². The smallest absolute Gasteiger partial charge is 0.251 e. The summed E-state index contributed by atoms with van der Waals surface area (Å²) in [7, 11) is 0. The Morgan fingerprint density at radius 1 is 1.00 bits per heavy atom. The van der Waals surface area contributed by atoms with E-state index in [-0.39, 0.29) is 11.8 Å². The summed E-state index contributed by atoms with van der Waals surface area (Å²) in [6.07, 6.45) is 10.3. The van der Waals surface area contributed by atoms with E-state index >= 15 is 0 Å². The molecule has 0 radical (unpaired) electrons. The molecule has 1 N–H and O–H groups in total. The molecule has 4 nitrogen and oxygen atoms in total. The van der Waals surface area contributed by atoms with Gasteiger partial charge in [-0.1, -0.05) is 25.0 Å². The number of nitrogens with one attached hydrogen (secondary N) is 1. The van der Waals surface area contributed by atoms with Crippen LogP contribution in [0.1, 0.15) is 54.4 Å². The summed E-state index contributed by atoms with van der Waals surface area (Å²) in [5.74, 6) is 0.0751. The predicted molar refractivity (Wildman–Crippen MR) is 91.0 cm³/mol. The van der Waals surface area contributed by atoms with E-state index in [1.165, 1.54) is 12.8 Å². The summed E-state index contributed by atoms with van der Waals surface area (Å²) < 4.78 is 0. The lowest BCUT2D eigenvalue weighted by Gasteiger charge is -2.17. The molecule has 0 atom stereocenters. The van der Waals surface area contributed by atoms with E-state index in [1.54, 1.807) is 6.08 Å². The molecule has 1 saturated carbocycles. The first-order valence-corrected chi connectivity index (χ1v) is 8.60. The highest BCUT2D eigenvalue weighted by Gasteiger charge is 2.23. The lowest BCUT2D eigenvalue weighted by atomic mass is 10.1. The Kier molecular flexibility index (Phi) is 5.11. The summed E-state index contributed by atoms with van der Waals surface area (Å²) >= 11 is 0. The minimum Gasteiger partial charge on any atom is -0.349 e. The highest BCUT2D eigenvalue weighted by Crippen LogP contribution is 2.19. The fourth-order valence-corrected chi connectivity index (χ4v) is 2.81. The van der Waals surface area contributed by atoms with Crippen molar-refractivity contribution in [1.82, 2.24) is 10.2 Å². The molecule has 1 aromatic carbocycles. The molecule has 23 heavy (non-hydrogen) atoms. The number of benzene rings is 1. The van der Waals surface area contributed by atoms with Crippen LogP contribution in [0.25, 0.3) is 6.08 Å². The molecule has 122 valence electrons. The number of nitrogens with zero attached hydrogens (tertiary/aromatic N) is 1. The van der Waals surface area contributed by atoms with Crippen LogP contribution >= 0.6 is 0 Å². The second kappa shape index (κ2) is 7.44. The van der Waals surface area contributed by atoms with Gasteiger partial charge in [0.15, 0.2) is 0 Å². The third-order valence-corrected chi connectivity index (χ3v) is 4.42. The molecule has 4 heteroatoms. The van der Waals surface area contributed by atoms with Crippen LogP contribution in [0, 0.1) is 0 Å². The molecule has 0 unspecified atom stereocenters. The van der Waals surface area contributed by atoms with Crippen LogP contribution in [-0.4, -0.2) is 35.8 Å². The Morgan fingerprint density at radius 3 is 2.26 bits per heavy atom. The Bertz CT molecular complexity index is 580. The van der Waals surface area contributed by atoms with Gasteiger partial charge >= 0.3 is 0 Å². The highest BCUT2D eigenvalue weighted by atomic mass is 16.2. The van der Waals surface area contributed by atoms with Gasteiger partial charge in [-0.2, -0.15) is 0 Å². The van der Waals surface area contributed by atoms with Crippen LogP contribution in [0.3, 0.4) is 0 Å². The maximum absolute atomic E-state index is 12.2. The first-order chi connectivity index (χ1) is 11.2. The van der Waals surface area contributed by atoms with E-state index in [4.69, 9.17) is 0 Å². The van der Waals surface area contributed by atoms with Crippen molar-refractivity contribution in [2.75, 3.05) is 13.1 Å². The van der Waals surface area contributed by atoms with Crippen molar-refractivity contribution in [1.29, 1.82) is 0 Å². The number of rotatable bonds is 4. The van der Waals surface area contributed by atoms with Crippen LogP contribution < -0.4 is 5.32 Å². The van der Waals surface area contributed by atoms with Crippen molar-refractivity contribution >= 4 is 17.9 Å². The molecule has 1 aromatic rings. The van der Waals surface area contributed by atoms with Gasteiger partial charge in [0, 0.05) is 30.8 Å². The Balaban J connectivity index is 1.56. The summed E-state index contributed by atoms with van der Waals surface area (Å²) in [4.78, 5) is 26.1. The van der Waals surface area contributed by atoms with Gasteiger partial charge in [0.2, 0.25) is 5.91 Å². The van der Waals surface area contributed by atoms with Crippen molar-refractivity contribution in [2.45, 2.75) is 44.6 Å². The molecule has 0 spiro atoms. The second-order valence-electron chi connectivity index (χ2n) is 6.44. The molecule has 0 bridgehead atoms. The largest absolute Gasteiger partial charge is 0.349 e. The van der Waals surface area contributed by atoms with Crippen LogP contribution in [-0.2, 0) is 4.79 Å². The summed E-state index contributed by atoms with van der Waals surface area (Å²) in [6.45, 7) is 1.73. The average Bonchev–Trinajstić information content (AvgIpc) is 3.39. The first-order valence-electron chi connectivity index (χ1n) is 8.60. The molecule has 1 heterocycles. The lowest BCUT2D eigenvalue weighted by molar-refractivity contribution is -0.125. The van der Waals surface area contributed by atoms with Gasteiger partial charge < -0.3 is 10.2 Å². The molecule has 2 aliphatic rings. The SMILES string of the molecule is O=C(NC1CC1)c1ccc(C=CC(=O)N2CCCCCC2)cc1. The molecule has 1 aliphatic carbocycles. The molecular weight excluding hydrogens is 288 g/mol. The van der Waals surface area contributed by atoms with E-state index in [9.17, 15) is 9.59 Å². The Labute approximate surface area is 137 Å². The van der Waals surface area contributed by atoms with Gasteiger partial charge in [-0.15, -0.1) is 0 Å². The van der Waals surface area contributed by atoms with Crippen LogP contribution in [0.5, 0.6) is 0 Å². The quantitative estimate of drug-likeness (QED) is 0.869. The number of hydrogen-bond donors (Lipinski definition) is 1. The molecule has 2 fully saturated rings. The van der Waals surface area contributed by atoms with Crippen molar-refractivity contribution < 1.29 is 9.59 Å². The second-order valence-corrected chi connectivity index (χ2v) is 6.44. The van der Waals surface area contributed by atoms with Crippen molar-refractivity contribution in [3.05, 3.63) is 41.5 Å². The molecule has 1 saturated heterocycles. The lowest BCUT2D eigenvalue weighted by Crippen LogP contribution is -2.30. The highest BCUT2D eigenvalue weighted by molar-refractivity contribution is 5.95. The molecule has 1 aliphatic heterocycles. The van der Waals surface area contributed by atoms with Crippen molar-refractivity contribution in [3.63, 3.8) is 0 Å². The van der Waals surface area contributed by atoms with Gasteiger partial charge in [-0.05, 0) is 49.5 Å². The van der Waals surface area contributed by atoms with Gasteiger partial charge in [0.25, 0.3) is 5.91 Å². The minimum absolute atomic E-state index is 0.0105. The third-order valence-electron chi connectivity index (χ3n) is 4.42. The zero-order valence-electron chi connectivity index (χ0n) is 13.5. The van der Waals surface area contributed by atoms with Crippen LogP contribution in [0.15, 0.2) is 30.3 Å². The summed E-state index contributed by atoms with van der Waals surface area (Å²) in [6, 6.07) is 7.76. The fourth-order valence-electron chi connectivity index (χ4n) is 2.81. The molecule has 0 aromatic heterocycles. The van der Waals surface area contributed by atoms with E-state index in [2.05, 4.69) is 5.32 Å². The number of hydrogen-bond acceptors (Lipinski definition) is 2. The summed E-state index contributed by atoms with van der Waals surface area (Å²) in [5, 5.41) is 2.97. The number of carbonyl (C=O) groups is 2. The van der Waals surface area contributed by atoms with E-state index in [1.807, 2.05) is 35.2 Å². The number of carbonyl (C=O) groups excluding carboxylic acids is 2. The normalized spacial score (nSPS) is 18.7. The Hall–Kier alpha value is -2.10. The van der Waals surface area contributed by atoms with Crippen molar-refractivity contribution in [2.24, 2.45) is 0 Å². The minimum atomic E-state index is -0.0105. The zero-order valence-corrected chi connectivity index (χ0v) is 13.5.